The van der Waals surface area contributed by atoms with E-state index in [1.54, 1.807) is 30.6 Å². The van der Waals surface area contributed by atoms with Crippen molar-refractivity contribution in [2.75, 3.05) is 6.54 Å². The third-order valence-corrected chi connectivity index (χ3v) is 2.13. The number of carbonyl (C=O) groups is 1. The maximum atomic E-state index is 11.5. The molecule has 1 N–H and O–H groups in total. The van der Waals surface area contributed by atoms with Crippen LogP contribution in [0.2, 0.25) is 0 Å². The fourth-order valence-corrected chi connectivity index (χ4v) is 1.34. The second kappa shape index (κ2) is 4.99. The monoisotopic (exact) mass is 226 g/mol. The highest BCUT2D eigenvalue weighted by Gasteiger charge is 2.11. The van der Waals surface area contributed by atoms with E-state index in [2.05, 4.69) is 16.2 Å². The number of terminal acetylenes is 1. The van der Waals surface area contributed by atoms with Crippen molar-refractivity contribution in [3.05, 3.63) is 42.4 Å². The molecule has 2 rings (SSSR count). The van der Waals surface area contributed by atoms with Crippen LogP contribution in [0.25, 0.3) is 11.3 Å². The summed E-state index contributed by atoms with van der Waals surface area (Å²) in [4.78, 5) is 15.5. The zero-order valence-electron chi connectivity index (χ0n) is 9.01. The largest absolute Gasteiger partial charge is 0.451 e. The Bertz CT molecular complexity index is 552. The number of rotatable bonds is 3. The summed E-state index contributed by atoms with van der Waals surface area (Å²) in [5.74, 6) is 2.84. The van der Waals surface area contributed by atoms with Gasteiger partial charge in [0.2, 0.25) is 0 Å². The molecule has 0 aliphatic rings. The van der Waals surface area contributed by atoms with E-state index in [-0.39, 0.29) is 18.2 Å². The van der Waals surface area contributed by atoms with Gasteiger partial charge in [-0.15, -0.1) is 6.42 Å². The van der Waals surface area contributed by atoms with E-state index in [1.807, 2.05) is 6.07 Å². The predicted molar refractivity (Wildman–Crippen MR) is 63.1 cm³/mol. The van der Waals surface area contributed by atoms with Crippen LogP contribution >= 0.6 is 0 Å². The Labute approximate surface area is 98.7 Å². The van der Waals surface area contributed by atoms with Gasteiger partial charge in [-0.1, -0.05) is 5.92 Å². The van der Waals surface area contributed by atoms with Gasteiger partial charge in [-0.2, -0.15) is 0 Å². The Kier molecular flexibility index (Phi) is 3.22. The minimum atomic E-state index is -0.321. The molecular weight excluding hydrogens is 216 g/mol. The molecule has 0 spiro atoms. The van der Waals surface area contributed by atoms with Gasteiger partial charge >= 0.3 is 0 Å². The minimum Gasteiger partial charge on any atom is -0.451 e. The van der Waals surface area contributed by atoms with Crippen molar-refractivity contribution in [2.45, 2.75) is 0 Å². The van der Waals surface area contributed by atoms with Gasteiger partial charge < -0.3 is 9.73 Å². The zero-order valence-corrected chi connectivity index (χ0v) is 9.01. The van der Waals surface area contributed by atoms with Crippen LogP contribution in [0, 0.1) is 12.3 Å². The molecule has 84 valence electrons. The van der Waals surface area contributed by atoms with Gasteiger partial charge in [-0.25, -0.2) is 0 Å². The molecule has 4 nitrogen and oxygen atoms in total. The smallest absolute Gasteiger partial charge is 0.287 e. The molecule has 0 aliphatic heterocycles. The molecule has 0 aromatic carbocycles. The van der Waals surface area contributed by atoms with Gasteiger partial charge in [0.25, 0.3) is 5.91 Å². The van der Waals surface area contributed by atoms with Crippen LogP contribution < -0.4 is 5.32 Å². The molecule has 0 aliphatic carbocycles. The van der Waals surface area contributed by atoms with E-state index in [9.17, 15) is 4.79 Å². The average molecular weight is 226 g/mol. The lowest BCUT2D eigenvalue weighted by Crippen LogP contribution is -2.22. The van der Waals surface area contributed by atoms with E-state index < -0.39 is 0 Å². The lowest BCUT2D eigenvalue weighted by molar-refractivity contribution is 0.0932. The number of hydrogen-bond acceptors (Lipinski definition) is 3. The van der Waals surface area contributed by atoms with Crippen LogP contribution in [-0.2, 0) is 0 Å². The Hall–Kier alpha value is -2.54. The van der Waals surface area contributed by atoms with Crippen molar-refractivity contribution >= 4 is 5.91 Å². The molecule has 0 saturated heterocycles. The summed E-state index contributed by atoms with van der Waals surface area (Å²) in [7, 11) is 0. The summed E-state index contributed by atoms with van der Waals surface area (Å²) in [6.45, 7) is 0.182. The van der Waals surface area contributed by atoms with Crippen LogP contribution in [0.5, 0.6) is 0 Å². The number of pyridine rings is 1. The third-order valence-electron chi connectivity index (χ3n) is 2.13. The summed E-state index contributed by atoms with van der Waals surface area (Å²) < 4.78 is 5.41. The molecule has 17 heavy (non-hydrogen) atoms. The Morgan fingerprint density at radius 3 is 3.06 bits per heavy atom. The maximum absolute atomic E-state index is 11.5. The average Bonchev–Trinajstić information content (AvgIpc) is 2.86. The molecule has 0 unspecified atom stereocenters. The molecule has 0 fully saturated rings. The molecule has 0 atom stereocenters. The second-order valence-corrected chi connectivity index (χ2v) is 3.29. The Morgan fingerprint density at radius 2 is 2.35 bits per heavy atom. The molecule has 2 aromatic rings. The number of carbonyl (C=O) groups excluding carboxylic acids is 1. The standard InChI is InChI=1S/C13H10N2O2/c1-2-7-15-13(16)12-6-5-11(17-12)10-4-3-8-14-9-10/h1,3-6,8-9H,7H2,(H,15,16). The van der Waals surface area contributed by atoms with Crippen molar-refractivity contribution in [2.24, 2.45) is 0 Å². The number of amides is 1. The summed E-state index contributed by atoms with van der Waals surface area (Å²) in [5, 5.41) is 2.53. The van der Waals surface area contributed by atoms with E-state index in [0.717, 1.165) is 5.56 Å². The lowest BCUT2D eigenvalue weighted by atomic mass is 10.2. The van der Waals surface area contributed by atoms with Crippen molar-refractivity contribution in [1.29, 1.82) is 0 Å². The summed E-state index contributed by atoms with van der Waals surface area (Å²) in [5.41, 5.74) is 0.823. The molecule has 0 radical (unpaired) electrons. The molecule has 1 amide bonds. The number of hydrogen-bond donors (Lipinski definition) is 1. The van der Waals surface area contributed by atoms with Crippen molar-refractivity contribution in [1.82, 2.24) is 10.3 Å². The van der Waals surface area contributed by atoms with Crippen LogP contribution in [0.1, 0.15) is 10.6 Å². The fraction of sp³-hybridized carbons (Fsp3) is 0.0769. The zero-order chi connectivity index (χ0) is 12.1. The quantitative estimate of drug-likeness (QED) is 0.810. The van der Waals surface area contributed by atoms with Crippen molar-refractivity contribution in [3.63, 3.8) is 0 Å². The Balaban J connectivity index is 2.17. The van der Waals surface area contributed by atoms with E-state index in [0.29, 0.717) is 5.76 Å². The van der Waals surface area contributed by atoms with Gasteiger partial charge in [-0.3, -0.25) is 9.78 Å². The molecule has 0 bridgehead atoms. The molecule has 2 heterocycles. The van der Waals surface area contributed by atoms with Crippen molar-refractivity contribution in [3.8, 4) is 23.7 Å². The van der Waals surface area contributed by atoms with Gasteiger partial charge in [0.1, 0.15) is 5.76 Å². The first-order valence-corrected chi connectivity index (χ1v) is 5.03. The molecule has 4 heteroatoms. The first-order valence-electron chi connectivity index (χ1n) is 5.03. The topological polar surface area (TPSA) is 55.1 Å². The summed E-state index contributed by atoms with van der Waals surface area (Å²) in [6, 6.07) is 6.99. The number of aromatic nitrogens is 1. The Morgan fingerprint density at radius 1 is 1.47 bits per heavy atom. The van der Waals surface area contributed by atoms with Gasteiger partial charge in [-0.05, 0) is 24.3 Å². The predicted octanol–water partition coefficient (Wildman–Crippen LogP) is 1.70. The first kappa shape index (κ1) is 11.0. The highest BCUT2D eigenvalue weighted by Crippen LogP contribution is 2.20. The molecular formula is C13H10N2O2. The highest BCUT2D eigenvalue weighted by atomic mass is 16.3. The first-order chi connectivity index (χ1) is 8.31. The van der Waals surface area contributed by atoms with E-state index >= 15 is 0 Å². The number of nitrogens with zero attached hydrogens (tertiary/aromatic N) is 1. The van der Waals surface area contributed by atoms with Crippen molar-refractivity contribution < 1.29 is 9.21 Å². The summed E-state index contributed by atoms with van der Waals surface area (Å²) in [6.07, 6.45) is 8.39. The lowest BCUT2D eigenvalue weighted by Gasteiger charge is -1.97. The van der Waals surface area contributed by atoms with Gasteiger partial charge in [0.15, 0.2) is 5.76 Å². The van der Waals surface area contributed by atoms with Gasteiger partial charge in [0.05, 0.1) is 6.54 Å². The minimum absolute atomic E-state index is 0.182. The van der Waals surface area contributed by atoms with Crippen LogP contribution in [0.4, 0.5) is 0 Å². The van der Waals surface area contributed by atoms with E-state index in [1.165, 1.54) is 0 Å². The van der Waals surface area contributed by atoms with Crippen LogP contribution in [-0.4, -0.2) is 17.4 Å². The number of furan rings is 1. The van der Waals surface area contributed by atoms with E-state index in [4.69, 9.17) is 10.8 Å². The van der Waals surface area contributed by atoms with Crippen LogP contribution in [0.3, 0.4) is 0 Å². The summed E-state index contributed by atoms with van der Waals surface area (Å²) >= 11 is 0. The van der Waals surface area contributed by atoms with Crippen LogP contribution in [0.15, 0.2) is 41.1 Å². The molecule has 2 aromatic heterocycles. The fourth-order valence-electron chi connectivity index (χ4n) is 1.34. The maximum Gasteiger partial charge on any atom is 0.287 e. The number of nitrogens with one attached hydrogen (secondary N) is 1. The SMILES string of the molecule is C#CCNC(=O)c1ccc(-c2cccnc2)o1. The normalized spacial score (nSPS) is 9.59. The highest BCUT2D eigenvalue weighted by molar-refractivity contribution is 5.92. The van der Waals surface area contributed by atoms with Gasteiger partial charge in [0, 0.05) is 18.0 Å². The molecule has 0 saturated carbocycles. The second-order valence-electron chi connectivity index (χ2n) is 3.29. The third kappa shape index (κ3) is 2.52.